The number of aromatic nitrogens is 4. The van der Waals surface area contributed by atoms with Crippen LogP contribution in [0.5, 0.6) is 0 Å². The minimum Gasteiger partial charge on any atom is -0.379 e. The Balaban J connectivity index is 1.33. The first-order valence-corrected chi connectivity index (χ1v) is 12.3. The third-order valence-electron chi connectivity index (χ3n) is 5.72. The van der Waals surface area contributed by atoms with Crippen molar-refractivity contribution < 1.29 is 9.26 Å². The van der Waals surface area contributed by atoms with E-state index in [1.165, 1.54) is 5.56 Å². The highest BCUT2D eigenvalue weighted by atomic mass is 32.2. The summed E-state index contributed by atoms with van der Waals surface area (Å²) in [6, 6.07) is 16.5. The number of para-hydroxylation sites is 1. The Morgan fingerprint density at radius 3 is 2.55 bits per heavy atom. The van der Waals surface area contributed by atoms with Crippen LogP contribution in [-0.2, 0) is 17.0 Å². The van der Waals surface area contributed by atoms with E-state index in [4.69, 9.17) is 19.2 Å². The van der Waals surface area contributed by atoms with Gasteiger partial charge in [0, 0.05) is 24.0 Å². The molecule has 0 radical (unpaired) electrons. The van der Waals surface area contributed by atoms with E-state index in [1.807, 2.05) is 30.3 Å². The smallest absolute Gasteiger partial charge is 0.237 e. The van der Waals surface area contributed by atoms with Gasteiger partial charge in [0.15, 0.2) is 0 Å². The van der Waals surface area contributed by atoms with Crippen LogP contribution in [0.2, 0.25) is 0 Å². The van der Waals surface area contributed by atoms with Crippen LogP contribution in [0.4, 0.5) is 0 Å². The second kappa shape index (κ2) is 9.99. The number of ether oxygens (including phenoxy) is 1. The molecule has 7 nitrogen and oxygen atoms in total. The predicted molar refractivity (Wildman–Crippen MR) is 129 cm³/mol. The molecular weight excluding hydrogens is 434 g/mol. The molecule has 0 saturated carbocycles. The molecule has 0 amide bonds. The molecule has 0 bridgehead atoms. The summed E-state index contributed by atoms with van der Waals surface area (Å²) in [5.41, 5.74) is 3.20. The number of nitrogens with zero attached hydrogens (tertiary/aromatic N) is 5. The van der Waals surface area contributed by atoms with Crippen molar-refractivity contribution in [3.05, 3.63) is 65.8 Å². The molecule has 0 N–H and O–H groups in total. The average Bonchev–Trinajstić information content (AvgIpc) is 3.32. The lowest BCUT2D eigenvalue weighted by Gasteiger charge is -2.25. The molecule has 170 valence electrons. The van der Waals surface area contributed by atoms with E-state index in [1.54, 1.807) is 11.8 Å². The van der Waals surface area contributed by atoms with Gasteiger partial charge in [-0.15, -0.1) is 0 Å². The zero-order valence-electron chi connectivity index (χ0n) is 18.9. The second-order valence-electron chi connectivity index (χ2n) is 8.43. The van der Waals surface area contributed by atoms with Crippen molar-refractivity contribution in [2.75, 3.05) is 26.3 Å². The van der Waals surface area contributed by atoms with E-state index in [2.05, 4.69) is 47.1 Å². The van der Waals surface area contributed by atoms with E-state index in [9.17, 15) is 0 Å². The molecule has 4 aromatic rings. The molecule has 3 heterocycles. The van der Waals surface area contributed by atoms with Crippen LogP contribution in [0.3, 0.4) is 0 Å². The zero-order valence-corrected chi connectivity index (χ0v) is 19.7. The molecule has 1 aliphatic heterocycles. The number of rotatable bonds is 7. The highest BCUT2D eigenvalue weighted by Gasteiger charge is 2.16. The van der Waals surface area contributed by atoms with Crippen molar-refractivity contribution in [2.45, 2.75) is 37.1 Å². The van der Waals surface area contributed by atoms with Crippen LogP contribution in [0, 0.1) is 0 Å². The van der Waals surface area contributed by atoms with E-state index in [-0.39, 0.29) is 0 Å². The SMILES string of the molecule is CC(C)c1ccc(-c2noc(CSc3nc(CN4CCOCC4)nc4ccccc34)n2)cc1. The maximum atomic E-state index is 5.53. The highest BCUT2D eigenvalue weighted by molar-refractivity contribution is 7.98. The predicted octanol–water partition coefficient (Wildman–Crippen LogP) is 4.93. The number of morpholine rings is 1. The lowest BCUT2D eigenvalue weighted by Crippen LogP contribution is -2.36. The molecule has 2 aromatic heterocycles. The van der Waals surface area contributed by atoms with Gasteiger partial charge in [0.2, 0.25) is 11.7 Å². The van der Waals surface area contributed by atoms with Crippen LogP contribution < -0.4 is 0 Å². The second-order valence-corrected chi connectivity index (χ2v) is 9.39. The van der Waals surface area contributed by atoms with Gasteiger partial charge in [-0.25, -0.2) is 9.97 Å². The Bertz CT molecular complexity index is 1220. The summed E-state index contributed by atoms with van der Waals surface area (Å²) in [6.07, 6.45) is 0. The van der Waals surface area contributed by atoms with E-state index in [0.29, 0.717) is 23.4 Å². The van der Waals surface area contributed by atoms with Crippen LogP contribution in [0.25, 0.3) is 22.3 Å². The monoisotopic (exact) mass is 461 g/mol. The van der Waals surface area contributed by atoms with Crippen molar-refractivity contribution in [3.8, 4) is 11.4 Å². The van der Waals surface area contributed by atoms with Gasteiger partial charge in [0.25, 0.3) is 0 Å². The Hall–Kier alpha value is -2.81. The molecule has 0 unspecified atom stereocenters. The van der Waals surface area contributed by atoms with E-state index in [0.717, 1.165) is 60.2 Å². The van der Waals surface area contributed by atoms with Crippen LogP contribution >= 0.6 is 11.8 Å². The summed E-state index contributed by atoms with van der Waals surface area (Å²) in [4.78, 5) is 16.6. The lowest BCUT2D eigenvalue weighted by molar-refractivity contribution is 0.0330. The van der Waals surface area contributed by atoms with Gasteiger partial charge in [-0.2, -0.15) is 4.98 Å². The normalized spacial score (nSPS) is 14.9. The Morgan fingerprint density at radius 2 is 1.76 bits per heavy atom. The van der Waals surface area contributed by atoms with Crippen LogP contribution in [-0.4, -0.2) is 51.3 Å². The number of benzene rings is 2. The van der Waals surface area contributed by atoms with Gasteiger partial charge < -0.3 is 9.26 Å². The van der Waals surface area contributed by atoms with E-state index >= 15 is 0 Å². The Morgan fingerprint density at radius 1 is 0.970 bits per heavy atom. The summed E-state index contributed by atoms with van der Waals surface area (Å²) in [7, 11) is 0. The van der Waals surface area contributed by atoms with Gasteiger partial charge >= 0.3 is 0 Å². The number of fused-ring (bicyclic) bond motifs is 1. The fraction of sp³-hybridized carbons (Fsp3) is 0.360. The molecule has 33 heavy (non-hydrogen) atoms. The van der Waals surface area contributed by atoms with Crippen molar-refractivity contribution in [1.82, 2.24) is 25.0 Å². The first-order valence-electron chi connectivity index (χ1n) is 11.3. The summed E-state index contributed by atoms with van der Waals surface area (Å²) >= 11 is 1.60. The number of thioether (sulfide) groups is 1. The fourth-order valence-corrected chi connectivity index (χ4v) is 4.69. The minimum atomic E-state index is 0.493. The highest BCUT2D eigenvalue weighted by Crippen LogP contribution is 2.29. The molecule has 1 aliphatic rings. The Labute approximate surface area is 197 Å². The third kappa shape index (κ3) is 5.24. The van der Waals surface area contributed by atoms with Gasteiger partial charge in [-0.3, -0.25) is 4.90 Å². The summed E-state index contributed by atoms with van der Waals surface area (Å²) < 4.78 is 11.0. The maximum absolute atomic E-state index is 5.53. The van der Waals surface area contributed by atoms with E-state index < -0.39 is 0 Å². The van der Waals surface area contributed by atoms with Gasteiger partial charge in [0.05, 0.1) is 31.0 Å². The largest absolute Gasteiger partial charge is 0.379 e. The van der Waals surface area contributed by atoms with Gasteiger partial charge in [-0.05, 0) is 17.5 Å². The van der Waals surface area contributed by atoms with Crippen LogP contribution in [0.1, 0.15) is 37.0 Å². The molecule has 2 aromatic carbocycles. The molecule has 5 rings (SSSR count). The van der Waals surface area contributed by atoms with Gasteiger partial charge in [0.1, 0.15) is 10.9 Å². The summed E-state index contributed by atoms with van der Waals surface area (Å²) in [5.74, 6) is 3.07. The maximum Gasteiger partial charge on any atom is 0.237 e. The topological polar surface area (TPSA) is 77.2 Å². The summed E-state index contributed by atoms with van der Waals surface area (Å²) in [6.45, 7) is 8.41. The van der Waals surface area contributed by atoms with Crippen molar-refractivity contribution in [2.24, 2.45) is 0 Å². The average molecular weight is 462 g/mol. The number of hydrogen-bond acceptors (Lipinski definition) is 8. The molecule has 0 spiro atoms. The standard InChI is InChI=1S/C25H27N5O2S/c1-17(2)18-7-9-19(10-8-18)24-28-23(32-29-24)16-33-25-20-5-3-4-6-21(20)26-22(27-25)15-30-11-13-31-14-12-30/h3-10,17H,11-16H2,1-2H3. The van der Waals surface area contributed by atoms with Crippen LogP contribution in [0.15, 0.2) is 58.1 Å². The third-order valence-corrected chi connectivity index (χ3v) is 6.70. The molecule has 1 saturated heterocycles. The molecule has 0 atom stereocenters. The van der Waals surface area contributed by atoms with Gasteiger partial charge in [-0.1, -0.05) is 73.2 Å². The minimum absolute atomic E-state index is 0.493. The number of hydrogen-bond donors (Lipinski definition) is 0. The first kappa shape index (κ1) is 22.0. The molecule has 1 fully saturated rings. The first-order chi connectivity index (χ1) is 16.2. The molecule has 0 aliphatic carbocycles. The molecule has 8 heteroatoms. The summed E-state index contributed by atoms with van der Waals surface area (Å²) in [5, 5.41) is 6.15. The van der Waals surface area contributed by atoms with Crippen molar-refractivity contribution in [3.63, 3.8) is 0 Å². The molecular formula is C25H27N5O2S. The fourth-order valence-electron chi connectivity index (χ4n) is 3.81. The lowest BCUT2D eigenvalue weighted by atomic mass is 10.0. The van der Waals surface area contributed by atoms with Crippen molar-refractivity contribution >= 4 is 22.7 Å². The Kier molecular flexibility index (Phi) is 6.66. The quantitative estimate of drug-likeness (QED) is 0.283. The zero-order chi connectivity index (χ0) is 22.6. The van der Waals surface area contributed by atoms with Crippen molar-refractivity contribution in [1.29, 1.82) is 0 Å².